The minimum Gasteiger partial charge on any atom is -0.478 e. The third-order valence-corrected chi connectivity index (χ3v) is 8.55. The van der Waals surface area contributed by atoms with Gasteiger partial charge >= 0.3 is 12.1 Å². The van der Waals surface area contributed by atoms with Gasteiger partial charge in [0.1, 0.15) is 6.10 Å². The molecule has 1 aromatic carbocycles. The van der Waals surface area contributed by atoms with Crippen LogP contribution in [-0.2, 0) is 25.5 Å². The Balaban J connectivity index is 2.05. The number of ketones is 2. The highest BCUT2D eigenvalue weighted by Gasteiger charge is 2.32. The van der Waals surface area contributed by atoms with Crippen molar-refractivity contribution in [2.45, 2.75) is 73.0 Å². The number of aliphatic hydroxyl groups excluding tert-OH is 1. The van der Waals surface area contributed by atoms with Crippen molar-refractivity contribution in [3.63, 3.8) is 0 Å². The van der Waals surface area contributed by atoms with Gasteiger partial charge in [-0.25, -0.2) is 9.59 Å². The molecule has 0 saturated carbocycles. The average molecular weight is 633 g/mol. The molecule has 0 aromatic heterocycles. The number of hydrogen-bond donors (Lipinski definition) is 4. The molecule has 10 heteroatoms. The summed E-state index contributed by atoms with van der Waals surface area (Å²) in [6, 6.07) is 6.11. The van der Waals surface area contributed by atoms with Crippen molar-refractivity contribution in [2.24, 2.45) is 29.4 Å². The Morgan fingerprint density at radius 3 is 2.28 bits per heavy atom. The summed E-state index contributed by atoms with van der Waals surface area (Å²) >= 11 is 0. The van der Waals surface area contributed by atoms with E-state index in [2.05, 4.69) is 5.32 Å². The molecule has 1 aliphatic carbocycles. The number of benzene rings is 1. The van der Waals surface area contributed by atoms with Gasteiger partial charge in [0.25, 0.3) is 5.91 Å². The number of allylic oxidation sites excluding steroid dienone is 5. The van der Waals surface area contributed by atoms with E-state index >= 15 is 0 Å². The first-order chi connectivity index (χ1) is 21.6. The summed E-state index contributed by atoms with van der Waals surface area (Å²) in [6.07, 6.45) is 6.43. The lowest BCUT2D eigenvalue weighted by Gasteiger charge is -2.28. The molecule has 0 radical (unpaired) electrons. The number of aliphatic hydroxyl groups is 1. The molecule has 0 saturated heterocycles. The second-order valence-electron chi connectivity index (χ2n) is 12.6. The van der Waals surface area contributed by atoms with Gasteiger partial charge in [0.2, 0.25) is 5.78 Å². The highest BCUT2D eigenvalue weighted by atomic mass is 16.6. The van der Waals surface area contributed by atoms with Crippen LogP contribution in [0.4, 0.5) is 4.79 Å². The van der Waals surface area contributed by atoms with Crippen LogP contribution < -0.4 is 11.1 Å². The van der Waals surface area contributed by atoms with E-state index in [1.165, 1.54) is 12.1 Å². The maximum absolute atomic E-state index is 13.8. The molecule has 1 heterocycles. The minimum atomic E-state index is -1.07. The number of rotatable bonds is 4. The van der Waals surface area contributed by atoms with E-state index < -0.39 is 41.7 Å². The number of aromatic carboxylic acids is 1. The largest absolute Gasteiger partial charge is 0.478 e. The molecule has 1 aliphatic heterocycles. The Morgan fingerprint density at radius 1 is 1.02 bits per heavy atom. The van der Waals surface area contributed by atoms with Gasteiger partial charge in [-0.2, -0.15) is 0 Å². The van der Waals surface area contributed by atoms with E-state index in [0.717, 1.165) is 11.6 Å². The molecule has 46 heavy (non-hydrogen) atoms. The molecule has 1 aromatic rings. The van der Waals surface area contributed by atoms with E-state index in [1.54, 1.807) is 37.3 Å². The molecule has 2 bridgehead atoms. The van der Waals surface area contributed by atoms with Gasteiger partial charge in [0, 0.05) is 41.1 Å². The van der Waals surface area contributed by atoms with Gasteiger partial charge in [-0.05, 0) is 61.8 Å². The van der Waals surface area contributed by atoms with Crippen LogP contribution in [-0.4, -0.2) is 52.0 Å². The van der Waals surface area contributed by atoms with Crippen LogP contribution in [0.2, 0.25) is 0 Å². The van der Waals surface area contributed by atoms with Crippen LogP contribution in [0.15, 0.2) is 82.6 Å². The molecular weight excluding hydrogens is 588 g/mol. The zero-order chi connectivity index (χ0) is 34.3. The monoisotopic (exact) mass is 632 g/mol. The number of carbonyl (C=O) groups is 5. The van der Waals surface area contributed by atoms with Gasteiger partial charge < -0.3 is 26.0 Å². The fourth-order valence-corrected chi connectivity index (χ4v) is 6.05. The molecule has 2 amide bonds. The molecule has 246 valence electrons. The number of amides is 2. The number of carboxylic acid groups (broad SMARTS) is 1. The molecule has 2 aliphatic rings. The summed E-state index contributed by atoms with van der Waals surface area (Å²) in [5, 5.41) is 23.1. The first kappa shape index (κ1) is 35.9. The van der Waals surface area contributed by atoms with Gasteiger partial charge in [-0.15, -0.1) is 0 Å². The molecule has 3 rings (SSSR count). The topological polar surface area (TPSA) is 173 Å². The highest BCUT2D eigenvalue weighted by Crippen LogP contribution is 2.32. The van der Waals surface area contributed by atoms with Gasteiger partial charge in [-0.1, -0.05) is 64.1 Å². The highest BCUT2D eigenvalue weighted by molar-refractivity contribution is 6.24. The Kier molecular flexibility index (Phi) is 12.2. The second-order valence-corrected chi connectivity index (χ2v) is 12.6. The number of ether oxygens (including phenoxy) is 1. The number of nitrogens with two attached hydrogens (primary N) is 1. The third kappa shape index (κ3) is 9.23. The van der Waals surface area contributed by atoms with Crippen LogP contribution in [0.25, 0.3) is 0 Å². The SMILES string of the molecule is C/C1=C\C=C/[C@H](C)[C@@H](OC(N)=O)/C(C)=C/[C@H](C)[C@@H](O)C(C)C[C@H](C)CC2=C(Cc3ccc(C(=O)O)cc3)C(=O)C=C(NC1=O)C2=O. The van der Waals surface area contributed by atoms with Crippen LogP contribution >= 0.6 is 0 Å². The zero-order valence-electron chi connectivity index (χ0n) is 27.2. The van der Waals surface area contributed by atoms with Crippen molar-refractivity contribution in [3.8, 4) is 0 Å². The van der Waals surface area contributed by atoms with Crippen LogP contribution in [0, 0.1) is 23.7 Å². The Morgan fingerprint density at radius 2 is 1.67 bits per heavy atom. The number of fused-ring (bicyclic) bond motifs is 2. The minimum absolute atomic E-state index is 0.105. The van der Waals surface area contributed by atoms with E-state index in [-0.39, 0.29) is 64.5 Å². The summed E-state index contributed by atoms with van der Waals surface area (Å²) < 4.78 is 5.42. The zero-order valence-corrected chi connectivity index (χ0v) is 27.2. The summed E-state index contributed by atoms with van der Waals surface area (Å²) in [6.45, 7) is 10.9. The fourth-order valence-electron chi connectivity index (χ4n) is 6.05. The Bertz CT molecular complexity index is 1530. The molecule has 6 atom stereocenters. The predicted molar refractivity (Wildman–Crippen MR) is 173 cm³/mol. The number of carbonyl (C=O) groups excluding carboxylic acids is 4. The maximum Gasteiger partial charge on any atom is 0.405 e. The molecule has 5 N–H and O–H groups in total. The Labute approximate surface area is 269 Å². The van der Waals surface area contributed by atoms with Crippen LogP contribution in [0.5, 0.6) is 0 Å². The number of primary amides is 1. The lowest BCUT2D eigenvalue weighted by atomic mass is 9.80. The lowest BCUT2D eigenvalue weighted by Crippen LogP contribution is -2.33. The number of Topliss-reactive ketones (excluding diaryl/α,β-unsaturated/α-hetero) is 1. The predicted octanol–water partition coefficient (Wildman–Crippen LogP) is 4.99. The molecule has 0 spiro atoms. The number of hydrogen-bond acceptors (Lipinski definition) is 7. The van der Waals surface area contributed by atoms with Crippen molar-refractivity contribution in [1.29, 1.82) is 0 Å². The second kappa shape index (κ2) is 15.6. The van der Waals surface area contributed by atoms with Crippen molar-refractivity contribution in [1.82, 2.24) is 5.32 Å². The molecular formula is C36H44N2O8. The smallest absolute Gasteiger partial charge is 0.405 e. The van der Waals surface area contributed by atoms with Crippen LogP contribution in [0.1, 0.15) is 70.3 Å². The van der Waals surface area contributed by atoms with E-state index in [1.807, 2.05) is 40.7 Å². The van der Waals surface area contributed by atoms with Crippen molar-refractivity contribution >= 4 is 29.5 Å². The fraction of sp³-hybridized carbons (Fsp3) is 0.417. The quantitative estimate of drug-likeness (QED) is 0.265. The number of nitrogens with one attached hydrogen (secondary N) is 1. The Hall–Kier alpha value is -4.57. The third-order valence-electron chi connectivity index (χ3n) is 8.55. The maximum atomic E-state index is 13.8. The average Bonchev–Trinajstić information content (AvgIpc) is 2.98. The van der Waals surface area contributed by atoms with Gasteiger partial charge in [-0.3, -0.25) is 14.4 Å². The van der Waals surface area contributed by atoms with Crippen molar-refractivity contribution in [3.05, 3.63) is 93.8 Å². The van der Waals surface area contributed by atoms with E-state index in [9.17, 15) is 34.2 Å². The van der Waals surface area contributed by atoms with Crippen molar-refractivity contribution in [2.75, 3.05) is 0 Å². The lowest BCUT2D eigenvalue weighted by molar-refractivity contribution is -0.120. The van der Waals surface area contributed by atoms with E-state index in [4.69, 9.17) is 10.5 Å². The molecule has 1 unspecified atom stereocenters. The summed E-state index contributed by atoms with van der Waals surface area (Å²) in [5.41, 5.74) is 7.56. The van der Waals surface area contributed by atoms with Gasteiger partial charge in [0.15, 0.2) is 5.78 Å². The normalized spacial score (nSPS) is 29.9. The first-order valence-electron chi connectivity index (χ1n) is 15.4. The first-order valence-corrected chi connectivity index (χ1v) is 15.4. The van der Waals surface area contributed by atoms with E-state index in [0.29, 0.717) is 12.0 Å². The summed E-state index contributed by atoms with van der Waals surface area (Å²) in [5.74, 6) is -3.47. The van der Waals surface area contributed by atoms with Gasteiger partial charge in [0.05, 0.1) is 17.4 Å². The standard InChI is InChI=1S/C36H44N2O8/c1-19-14-22(4)31(40)23(5)16-24(6)33(46-36(37)45)20(2)8-7-9-21(3)34(42)38-29-18-30(39)27(28(15-19)32(29)41)17-25-10-12-26(13-11-25)35(43)44/h7-13,16,18-20,22-23,31,33,40H,14-15,17H2,1-6H3,(H2,37,45)(H,38,42)(H,43,44)/b8-7-,21-9+,24-16+/t19-,20-,22?,23-,31-,33+/m0/s1. The molecule has 0 fully saturated rings. The van der Waals surface area contributed by atoms with Crippen molar-refractivity contribution < 1.29 is 38.9 Å². The number of carboxylic acids is 1. The van der Waals surface area contributed by atoms with Crippen LogP contribution in [0.3, 0.4) is 0 Å². The molecule has 10 nitrogen and oxygen atoms in total. The summed E-state index contributed by atoms with van der Waals surface area (Å²) in [7, 11) is 0. The summed E-state index contributed by atoms with van der Waals surface area (Å²) in [4.78, 5) is 63.4.